The molecule has 0 radical (unpaired) electrons. The van der Waals surface area contributed by atoms with E-state index in [1.165, 1.54) is 18.4 Å². The van der Waals surface area contributed by atoms with Crippen molar-refractivity contribution in [2.24, 2.45) is 5.92 Å². The summed E-state index contributed by atoms with van der Waals surface area (Å²) in [5.74, 6) is 0.664. The van der Waals surface area contributed by atoms with E-state index in [9.17, 15) is 4.79 Å². The molecule has 2 rings (SSSR count). The number of hydrogen-bond donors (Lipinski definition) is 1. The van der Waals surface area contributed by atoms with E-state index in [0.717, 1.165) is 30.8 Å². The van der Waals surface area contributed by atoms with Gasteiger partial charge >= 0.3 is 0 Å². The molecule has 3 heteroatoms. The predicted octanol–water partition coefficient (Wildman–Crippen LogP) is 3.23. The topological polar surface area (TPSA) is 32.3 Å². The molecular formula is C17H26N2O. The first-order valence-corrected chi connectivity index (χ1v) is 7.67. The van der Waals surface area contributed by atoms with Crippen LogP contribution in [0.25, 0.3) is 0 Å². The van der Waals surface area contributed by atoms with Crippen LogP contribution in [0.15, 0.2) is 18.2 Å². The average Bonchev–Trinajstić information content (AvgIpc) is 2.41. The molecular weight excluding hydrogens is 248 g/mol. The summed E-state index contributed by atoms with van der Waals surface area (Å²) in [5.41, 5.74) is 3.39. The van der Waals surface area contributed by atoms with Gasteiger partial charge in [0.25, 0.3) is 0 Å². The van der Waals surface area contributed by atoms with Gasteiger partial charge in [-0.05, 0) is 56.8 Å². The Bertz CT molecular complexity index is 470. The molecule has 110 valence electrons. The Morgan fingerprint density at radius 3 is 2.95 bits per heavy atom. The fourth-order valence-electron chi connectivity index (χ4n) is 3.09. The number of anilines is 1. The van der Waals surface area contributed by atoms with Gasteiger partial charge in [0.15, 0.2) is 0 Å². The third kappa shape index (κ3) is 3.83. The number of likely N-dealkylation sites (tertiary alicyclic amines) is 1. The highest BCUT2D eigenvalue weighted by Crippen LogP contribution is 2.23. The maximum absolute atomic E-state index is 12.3. The van der Waals surface area contributed by atoms with Crippen LogP contribution in [-0.2, 0) is 11.2 Å². The molecule has 0 aromatic heterocycles. The first-order chi connectivity index (χ1) is 9.60. The molecule has 1 aromatic rings. The molecule has 1 N–H and O–H groups in total. The molecule has 20 heavy (non-hydrogen) atoms. The number of benzene rings is 1. The van der Waals surface area contributed by atoms with Gasteiger partial charge in [-0.1, -0.05) is 25.1 Å². The quantitative estimate of drug-likeness (QED) is 0.914. The number of hydrogen-bond acceptors (Lipinski definition) is 2. The second-order valence-electron chi connectivity index (χ2n) is 5.99. The van der Waals surface area contributed by atoms with Crippen molar-refractivity contribution in [1.29, 1.82) is 0 Å². The molecule has 0 aliphatic carbocycles. The first kappa shape index (κ1) is 15.0. The van der Waals surface area contributed by atoms with Crippen LogP contribution in [0.5, 0.6) is 0 Å². The molecule has 0 saturated carbocycles. The Labute approximate surface area is 122 Å². The van der Waals surface area contributed by atoms with Gasteiger partial charge in [-0.25, -0.2) is 0 Å². The maximum atomic E-state index is 12.3. The number of para-hydroxylation sites is 1. The molecule has 1 heterocycles. The van der Waals surface area contributed by atoms with Crippen LogP contribution in [0, 0.1) is 12.8 Å². The van der Waals surface area contributed by atoms with Gasteiger partial charge in [-0.3, -0.25) is 4.79 Å². The average molecular weight is 274 g/mol. The second kappa shape index (κ2) is 6.89. The smallest absolute Gasteiger partial charge is 0.224 e. The highest BCUT2D eigenvalue weighted by Gasteiger charge is 2.20. The largest absolute Gasteiger partial charge is 0.326 e. The number of aryl methyl sites for hydroxylation is 2. The van der Waals surface area contributed by atoms with Crippen LogP contribution in [-0.4, -0.2) is 30.9 Å². The van der Waals surface area contributed by atoms with E-state index in [2.05, 4.69) is 49.3 Å². The number of carbonyl (C=O) groups is 1. The zero-order valence-electron chi connectivity index (χ0n) is 12.9. The number of piperidine rings is 1. The summed E-state index contributed by atoms with van der Waals surface area (Å²) in [6.07, 6.45) is 3.97. The van der Waals surface area contributed by atoms with E-state index < -0.39 is 0 Å². The monoisotopic (exact) mass is 274 g/mol. The molecule has 0 bridgehead atoms. The fraction of sp³-hybridized carbons (Fsp3) is 0.588. The lowest BCUT2D eigenvalue weighted by molar-refractivity contribution is -0.117. The second-order valence-corrected chi connectivity index (χ2v) is 5.99. The van der Waals surface area contributed by atoms with Crippen molar-refractivity contribution in [1.82, 2.24) is 4.90 Å². The summed E-state index contributed by atoms with van der Waals surface area (Å²) in [4.78, 5) is 14.6. The van der Waals surface area contributed by atoms with Gasteiger partial charge in [0.2, 0.25) is 5.91 Å². The van der Waals surface area contributed by atoms with Gasteiger partial charge in [-0.2, -0.15) is 0 Å². The van der Waals surface area contributed by atoms with E-state index in [1.807, 2.05) is 0 Å². The summed E-state index contributed by atoms with van der Waals surface area (Å²) in [6.45, 7) is 6.39. The Morgan fingerprint density at radius 1 is 1.45 bits per heavy atom. The summed E-state index contributed by atoms with van der Waals surface area (Å²) >= 11 is 0. The van der Waals surface area contributed by atoms with Crippen molar-refractivity contribution in [3.63, 3.8) is 0 Å². The van der Waals surface area contributed by atoms with E-state index >= 15 is 0 Å². The first-order valence-electron chi connectivity index (χ1n) is 7.67. The summed E-state index contributed by atoms with van der Waals surface area (Å²) in [6, 6.07) is 6.21. The minimum Gasteiger partial charge on any atom is -0.326 e. The molecule has 3 nitrogen and oxygen atoms in total. The highest BCUT2D eigenvalue weighted by atomic mass is 16.1. The summed E-state index contributed by atoms with van der Waals surface area (Å²) < 4.78 is 0. The minimum absolute atomic E-state index is 0.161. The fourth-order valence-corrected chi connectivity index (χ4v) is 3.09. The van der Waals surface area contributed by atoms with Gasteiger partial charge < -0.3 is 10.2 Å². The Kier molecular flexibility index (Phi) is 5.18. The van der Waals surface area contributed by atoms with Crippen LogP contribution in [0.3, 0.4) is 0 Å². The molecule has 1 aliphatic heterocycles. The van der Waals surface area contributed by atoms with Crippen molar-refractivity contribution in [3.8, 4) is 0 Å². The zero-order chi connectivity index (χ0) is 14.5. The van der Waals surface area contributed by atoms with Gasteiger partial charge in [0.1, 0.15) is 0 Å². The van der Waals surface area contributed by atoms with Crippen LogP contribution >= 0.6 is 0 Å². The van der Waals surface area contributed by atoms with Crippen molar-refractivity contribution in [2.75, 3.05) is 25.5 Å². The molecule has 1 aromatic carbocycles. The molecule has 1 aliphatic rings. The van der Waals surface area contributed by atoms with Crippen LogP contribution in [0.2, 0.25) is 0 Å². The minimum atomic E-state index is 0.161. The SMILES string of the molecule is CCc1cccc(C)c1NC(=O)CC1CCCN(C)C1. The predicted molar refractivity (Wildman–Crippen MR) is 84.0 cm³/mol. The van der Waals surface area contributed by atoms with E-state index in [-0.39, 0.29) is 5.91 Å². The third-order valence-corrected chi connectivity index (χ3v) is 4.20. The van der Waals surface area contributed by atoms with Crippen LogP contribution in [0.1, 0.15) is 37.3 Å². The van der Waals surface area contributed by atoms with E-state index in [0.29, 0.717) is 12.3 Å². The standard InChI is InChI=1S/C17H26N2O/c1-4-15-9-5-7-13(2)17(15)18-16(20)11-14-8-6-10-19(3)12-14/h5,7,9,14H,4,6,8,10-12H2,1-3H3,(H,18,20). The maximum Gasteiger partial charge on any atom is 0.224 e. The molecule has 0 spiro atoms. The Morgan fingerprint density at radius 2 is 2.25 bits per heavy atom. The molecule has 1 atom stereocenters. The van der Waals surface area contributed by atoms with Gasteiger partial charge in [0.05, 0.1) is 0 Å². The summed E-state index contributed by atoms with van der Waals surface area (Å²) in [7, 11) is 2.14. The number of amides is 1. The third-order valence-electron chi connectivity index (χ3n) is 4.20. The van der Waals surface area contributed by atoms with E-state index in [4.69, 9.17) is 0 Å². The molecule has 1 unspecified atom stereocenters. The van der Waals surface area contributed by atoms with Crippen LogP contribution < -0.4 is 5.32 Å². The zero-order valence-corrected chi connectivity index (χ0v) is 12.9. The lowest BCUT2D eigenvalue weighted by atomic mass is 9.94. The number of carbonyl (C=O) groups excluding carboxylic acids is 1. The van der Waals surface area contributed by atoms with Crippen molar-refractivity contribution >= 4 is 11.6 Å². The number of nitrogens with zero attached hydrogens (tertiary/aromatic N) is 1. The highest BCUT2D eigenvalue weighted by molar-refractivity contribution is 5.92. The molecule has 1 amide bonds. The van der Waals surface area contributed by atoms with Crippen molar-refractivity contribution < 1.29 is 4.79 Å². The van der Waals surface area contributed by atoms with Gasteiger partial charge in [-0.15, -0.1) is 0 Å². The van der Waals surface area contributed by atoms with Crippen LogP contribution in [0.4, 0.5) is 5.69 Å². The van der Waals surface area contributed by atoms with Crippen molar-refractivity contribution in [3.05, 3.63) is 29.3 Å². The van der Waals surface area contributed by atoms with E-state index in [1.54, 1.807) is 0 Å². The number of rotatable bonds is 4. The van der Waals surface area contributed by atoms with Gasteiger partial charge in [0, 0.05) is 18.7 Å². The van der Waals surface area contributed by atoms with Crippen molar-refractivity contribution in [2.45, 2.75) is 39.5 Å². The Hall–Kier alpha value is -1.35. The summed E-state index contributed by atoms with van der Waals surface area (Å²) in [5, 5.41) is 3.13. The lowest BCUT2D eigenvalue weighted by Crippen LogP contribution is -2.34. The molecule has 1 fully saturated rings. The molecule has 1 saturated heterocycles. The Balaban J connectivity index is 1.98. The normalized spacial score (nSPS) is 19.9. The lowest BCUT2D eigenvalue weighted by Gasteiger charge is -2.29. The number of nitrogens with one attached hydrogen (secondary N) is 1.